The Labute approximate surface area is 122 Å². The first-order valence-electron chi connectivity index (χ1n) is 6.00. The Morgan fingerprint density at radius 3 is 2.70 bits per heavy atom. The monoisotopic (exact) mass is 289 g/mol. The summed E-state index contributed by atoms with van der Waals surface area (Å²) in [5, 5.41) is 6.92. The molecule has 0 aliphatic carbocycles. The van der Waals surface area contributed by atoms with Gasteiger partial charge in [0.15, 0.2) is 0 Å². The normalized spacial score (nSPS) is 10.3. The van der Waals surface area contributed by atoms with E-state index in [0.29, 0.717) is 17.8 Å². The summed E-state index contributed by atoms with van der Waals surface area (Å²) >= 11 is 4.83. The second-order valence-electron chi connectivity index (χ2n) is 4.36. The smallest absolute Gasteiger partial charge is 0.270 e. The summed E-state index contributed by atoms with van der Waals surface area (Å²) in [6.07, 6.45) is 3.23. The number of hydrogen-bond acceptors (Lipinski definition) is 4. The number of aromatic nitrogens is 3. The Morgan fingerprint density at radius 1 is 1.45 bits per heavy atom. The molecule has 1 amide bonds. The Balaban J connectivity index is 2.01. The number of aryl methyl sites for hydroxylation is 1. The van der Waals surface area contributed by atoms with Crippen molar-refractivity contribution in [2.75, 3.05) is 0 Å². The van der Waals surface area contributed by atoms with Crippen LogP contribution in [0.4, 0.5) is 0 Å². The van der Waals surface area contributed by atoms with Crippen LogP contribution in [0.2, 0.25) is 0 Å². The Bertz CT molecular complexity index is 647. The lowest BCUT2D eigenvalue weighted by atomic mass is 10.2. The minimum atomic E-state index is -0.247. The molecule has 6 nitrogen and oxygen atoms in total. The molecule has 0 aromatic carbocycles. The van der Waals surface area contributed by atoms with Crippen LogP contribution in [0.15, 0.2) is 24.5 Å². The van der Waals surface area contributed by atoms with Crippen molar-refractivity contribution in [1.82, 2.24) is 20.1 Å². The third kappa shape index (κ3) is 3.00. The number of rotatable bonds is 4. The number of nitrogens with zero attached hydrogens (tertiary/aromatic N) is 3. The van der Waals surface area contributed by atoms with Gasteiger partial charge in [-0.1, -0.05) is 12.2 Å². The number of hydrogen-bond donors (Lipinski definition) is 2. The number of thiocarbonyl (C=S) groups is 1. The first-order chi connectivity index (χ1) is 9.49. The summed E-state index contributed by atoms with van der Waals surface area (Å²) in [5.41, 5.74) is 8.43. The van der Waals surface area contributed by atoms with Crippen LogP contribution >= 0.6 is 12.2 Å². The van der Waals surface area contributed by atoms with Crippen molar-refractivity contribution in [3.63, 3.8) is 0 Å². The first-order valence-corrected chi connectivity index (χ1v) is 6.41. The number of nitrogens with one attached hydrogen (secondary N) is 1. The van der Waals surface area contributed by atoms with E-state index in [9.17, 15) is 4.79 Å². The molecule has 20 heavy (non-hydrogen) atoms. The molecular formula is C13H15N5OS. The minimum Gasteiger partial charge on any atom is -0.389 e. The van der Waals surface area contributed by atoms with Crippen LogP contribution in [0.25, 0.3) is 0 Å². The summed E-state index contributed by atoms with van der Waals surface area (Å²) < 4.78 is 1.76. The average Bonchev–Trinajstić information content (AvgIpc) is 2.76. The van der Waals surface area contributed by atoms with Crippen molar-refractivity contribution < 1.29 is 4.79 Å². The van der Waals surface area contributed by atoms with Gasteiger partial charge in [0.25, 0.3) is 5.91 Å². The van der Waals surface area contributed by atoms with E-state index in [-0.39, 0.29) is 10.9 Å². The molecule has 0 bridgehead atoms. The maximum atomic E-state index is 12.0. The molecule has 2 heterocycles. The largest absolute Gasteiger partial charge is 0.389 e. The maximum absolute atomic E-state index is 12.0. The van der Waals surface area contributed by atoms with Crippen molar-refractivity contribution in [2.24, 2.45) is 12.8 Å². The van der Waals surface area contributed by atoms with Gasteiger partial charge in [0.1, 0.15) is 10.7 Å². The van der Waals surface area contributed by atoms with Crippen molar-refractivity contribution in [1.29, 1.82) is 0 Å². The Hall–Kier alpha value is -2.28. The topological polar surface area (TPSA) is 85.8 Å². The van der Waals surface area contributed by atoms with E-state index in [1.165, 1.54) is 6.20 Å². The summed E-state index contributed by atoms with van der Waals surface area (Å²) in [6.45, 7) is 2.36. The maximum Gasteiger partial charge on any atom is 0.270 e. The van der Waals surface area contributed by atoms with Crippen molar-refractivity contribution in [3.8, 4) is 0 Å². The highest BCUT2D eigenvalue weighted by Gasteiger charge is 2.09. The molecule has 0 atom stereocenters. The van der Waals surface area contributed by atoms with Crippen LogP contribution in [-0.2, 0) is 13.6 Å². The molecule has 7 heteroatoms. The van der Waals surface area contributed by atoms with Crippen molar-refractivity contribution in [3.05, 3.63) is 47.0 Å². The molecule has 0 saturated carbocycles. The van der Waals surface area contributed by atoms with Gasteiger partial charge in [-0.05, 0) is 19.1 Å². The fourth-order valence-electron chi connectivity index (χ4n) is 1.66. The average molecular weight is 289 g/mol. The predicted octanol–water partition coefficient (Wildman–Crippen LogP) is 0.688. The van der Waals surface area contributed by atoms with E-state index in [1.54, 1.807) is 23.0 Å². The first kappa shape index (κ1) is 14.1. The molecule has 0 aliphatic rings. The fraction of sp³-hybridized carbons (Fsp3) is 0.231. The zero-order valence-electron chi connectivity index (χ0n) is 11.3. The predicted molar refractivity (Wildman–Crippen MR) is 79.2 cm³/mol. The van der Waals surface area contributed by atoms with Gasteiger partial charge in [-0.15, -0.1) is 0 Å². The molecule has 0 spiro atoms. The number of amides is 1. The minimum absolute atomic E-state index is 0.247. The molecule has 3 N–H and O–H groups in total. The number of carbonyl (C=O) groups excluding carboxylic acids is 1. The van der Waals surface area contributed by atoms with Crippen LogP contribution in [0, 0.1) is 6.92 Å². The third-order valence-corrected chi connectivity index (χ3v) is 3.29. The van der Waals surface area contributed by atoms with Crippen molar-refractivity contribution >= 4 is 23.1 Å². The van der Waals surface area contributed by atoms with Crippen LogP contribution in [0.3, 0.4) is 0 Å². The van der Waals surface area contributed by atoms with E-state index in [4.69, 9.17) is 18.0 Å². The Morgan fingerprint density at radius 2 is 2.20 bits per heavy atom. The summed E-state index contributed by atoms with van der Waals surface area (Å²) in [5.74, 6) is -0.247. The lowest BCUT2D eigenvalue weighted by Gasteiger charge is -2.05. The second-order valence-corrected chi connectivity index (χ2v) is 4.80. The summed E-state index contributed by atoms with van der Waals surface area (Å²) in [4.78, 5) is 16.3. The molecule has 0 unspecified atom stereocenters. The highest BCUT2D eigenvalue weighted by Crippen LogP contribution is 2.06. The van der Waals surface area contributed by atoms with Gasteiger partial charge in [0.05, 0.1) is 6.20 Å². The number of pyridine rings is 1. The SMILES string of the molecule is Cc1c(CNC(=O)c2ccc(C(N)=S)cn2)cnn1C. The van der Waals surface area contributed by atoms with Crippen LogP contribution < -0.4 is 11.1 Å². The molecule has 2 aromatic heterocycles. The van der Waals surface area contributed by atoms with Gasteiger partial charge in [-0.25, -0.2) is 0 Å². The quantitative estimate of drug-likeness (QED) is 0.809. The van der Waals surface area contributed by atoms with E-state index < -0.39 is 0 Å². The molecule has 0 fully saturated rings. The highest BCUT2D eigenvalue weighted by atomic mass is 32.1. The molecule has 0 saturated heterocycles. The van der Waals surface area contributed by atoms with Gasteiger partial charge in [-0.2, -0.15) is 5.10 Å². The highest BCUT2D eigenvalue weighted by molar-refractivity contribution is 7.80. The Kier molecular flexibility index (Phi) is 4.09. The lowest BCUT2D eigenvalue weighted by Crippen LogP contribution is -2.24. The molecule has 104 valence electrons. The van der Waals surface area contributed by atoms with Crippen molar-refractivity contribution in [2.45, 2.75) is 13.5 Å². The molecule has 0 radical (unpaired) electrons. The molecular weight excluding hydrogens is 274 g/mol. The zero-order valence-corrected chi connectivity index (χ0v) is 12.1. The van der Waals surface area contributed by atoms with Gasteiger partial charge >= 0.3 is 0 Å². The third-order valence-electron chi connectivity index (χ3n) is 3.06. The second kappa shape index (κ2) is 5.79. The van der Waals surface area contributed by atoms with E-state index in [0.717, 1.165) is 11.3 Å². The molecule has 2 rings (SSSR count). The number of carbonyl (C=O) groups is 1. The summed E-state index contributed by atoms with van der Waals surface area (Å²) in [6, 6.07) is 3.28. The number of nitrogens with two attached hydrogens (primary N) is 1. The van der Waals surface area contributed by atoms with E-state index in [1.807, 2.05) is 14.0 Å². The van der Waals surface area contributed by atoms with E-state index >= 15 is 0 Å². The molecule has 2 aromatic rings. The van der Waals surface area contributed by atoms with Crippen LogP contribution in [0.5, 0.6) is 0 Å². The summed E-state index contributed by atoms with van der Waals surface area (Å²) in [7, 11) is 1.86. The lowest BCUT2D eigenvalue weighted by molar-refractivity contribution is 0.0946. The van der Waals surface area contributed by atoms with Crippen LogP contribution in [0.1, 0.15) is 27.3 Å². The zero-order chi connectivity index (χ0) is 14.7. The van der Waals surface area contributed by atoms with Gasteiger partial charge in [0, 0.05) is 36.6 Å². The van der Waals surface area contributed by atoms with Gasteiger partial charge in [-0.3, -0.25) is 14.5 Å². The fourth-order valence-corrected chi connectivity index (χ4v) is 1.78. The van der Waals surface area contributed by atoms with Gasteiger partial charge < -0.3 is 11.1 Å². The van der Waals surface area contributed by atoms with E-state index in [2.05, 4.69) is 15.4 Å². The molecule has 0 aliphatic heterocycles. The van der Waals surface area contributed by atoms with Crippen LogP contribution in [-0.4, -0.2) is 25.7 Å². The standard InChI is InChI=1S/C13H15N5OS/c1-8-10(7-17-18(8)2)6-16-13(19)11-4-3-9(5-15-11)12(14)20/h3-5,7H,6H2,1-2H3,(H2,14,20)(H,16,19). The van der Waals surface area contributed by atoms with Gasteiger partial charge in [0.2, 0.25) is 0 Å².